The summed E-state index contributed by atoms with van der Waals surface area (Å²) in [6.07, 6.45) is 3.17. The molecule has 1 aliphatic rings. The normalized spacial score (nSPS) is 29.0. The second-order valence-electron chi connectivity index (χ2n) is 1.55. The molecule has 1 atom stereocenters. The predicted octanol–water partition coefficient (Wildman–Crippen LogP) is 2.24. The quantitative estimate of drug-likeness (QED) is 0.522. The first-order chi connectivity index (χ1) is 3.43. The molecule has 40 valence electrons. The van der Waals surface area contributed by atoms with Crippen LogP contribution in [0.15, 0.2) is 11.6 Å². The Kier molecular flexibility index (Phi) is 2.07. The zero-order valence-corrected chi connectivity index (χ0v) is 5.50. The van der Waals surface area contributed by atoms with Crippen LogP contribution < -0.4 is 0 Å². The molecule has 0 aromatic heterocycles. The van der Waals surface area contributed by atoms with E-state index in [9.17, 15) is 0 Å². The third-order valence-electron chi connectivity index (χ3n) is 0.890. The van der Waals surface area contributed by atoms with E-state index in [1.54, 1.807) is 5.54 Å². The SMILES string of the molecule is ClC=CCC1CS1. The Labute approximate surface area is 52.9 Å². The maximum absolute atomic E-state index is 5.28. The van der Waals surface area contributed by atoms with E-state index in [1.165, 1.54) is 5.75 Å². The van der Waals surface area contributed by atoms with Crippen LogP contribution in [0.25, 0.3) is 0 Å². The van der Waals surface area contributed by atoms with Gasteiger partial charge in [0.25, 0.3) is 0 Å². The second kappa shape index (κ2) is 2.63. The van der Waals surface area contributed by atoms with Gasteiger partial charge in [-0.3, -0.25) is 0 Å². The third-order valence-corrected chi connectivity index (χ3v) is 2.07. The van der Waals surface area contributed by atoms with Gasteiger partial charge in [0.2, 0.25) is 0 Å². The van der Waals surface area contributed by atoms with Crippen molar-refractivity contribution in [1.29, 1.82) is 0 Å². The maximum atomic E-state index is 5.28. The fourth-order valence-electron chi connectivity index (χ4n) is 0.407. The summed E-state index contributed by atoms with van der Waals surface area (Å²) in [6, 6.07) is 0. The molecule has 0 nitrogen and oxygen atoms in total. The lowest BCUT2D eigenvalue weighted by Gasteiger charge is -1.77. The topological polar surface area (TPSA) is 0 Å². The summed E-state index contributed by atoms with van der Waals surface area (Å²) >= 11 is 7.28. The molecule has 1 saturated heterocycles. The number of hydrogen-bond acceptors (Lipinski definition) is 1. The van der Waals surface area contributed by atoms with Crippen molar-refractivity contribution in [2.24, 2.45) is 0 Å². The molecule has 2 heteroatoms. The number of hydrogen-bond donors (Lipinski definition) is 0. The third kappa shape index (κ3) is 2.25. The van der Waals surface area contributed by atoms with Gasteiger partial charge in [-0.1, -0.05) is 17.7 Å². The van der Waals surface area contributed by atoms with Gasteiger partial charge in [-0.25, -0.2) is 0 Å². The first kappa shape index (κ1) is 5.52. The van der Waals surface area contributed by atoms with E-state index in [0.29, 0.717) is 0 Å². The predicted molar refractivity (Wildman–Crippen MR) is 35.9 cm³/mol. The largest absolute Gasteiger partial charge is 0.156 e. The molecule has 1 aliphatic heterocycles. The van der Waals surface area contributed by atoms with Crippen LogP contribution in [0.2, 0.25) is 0 Å². The summed E-state index contributed by atoms with van der Waals surface area (Å²) in [5, 5.41) is 0.898. The van der Waals surface area contributed by atoms with Crippen LogP contribution in [0, 0.1) is 0 Å². The van der Waals surface area contributed by atoms with Crippen molar-refractivity contribution in [2.45, 2.75) is 11.7 Å². The fourth-order valence-corrected chi connectivity index (χ4v) is 1.03. The van der Waals surface area contributed by atoms with Crippen molar-refractivity contribution in [1.82, 2.24) is 0 Å². The minimum atomic E-state index is 0.898. The van der Waals surface area contributed by atoms with Crippen molar-refractivity contribution in [3.05, 3.63) is 11.6 Å². The fraction of sp³-hybridized carbons (Fsp3) is 0.600. The van der Waals surface area contributed by atoms with Gasteiger partial charge in [-0.05, 0) is 6.42 Å². The Morgan fingerprint density at radius 3 is 3.00 bits per heavy atom. The van der Waals surface area contributed by atoms with Crippen LogP contribution >= 0.6 is 23.4 Å². The Balaban J connectivity index is 1.98. The molecule has 0 aliphatic carbocycles. The molecule has 0 radical (unpaired) electrons. The van der Waals surface area contributed by atoms with E-state index in [2.05, 4.69) is 0 Å². The van der Waals surface area contributed by atoms with Crippen LogP contribution in [0.3, 0.4) is 0 Å². The second-order valence-corrected chi connectivity index (χ2v) is 3.14. The Morgan fingerprint density at radius 1 is 1.86 bits per heavy atom. The van der Waals surface area contributed by atoms with Gasteiger partial charge in [0, 0.05) is 16.5 Å². The van der Waals surface area contributed by atoms with Gasteiger partial charge in [0.15, 0.2) is 0 Å². The van der Waals surface area contributed by atoms with Gasteiger partial charge in [0.05, 0.1) is 0 Å². The Bertz CT molecular complexity index is 76.1. The molecule has 0 aromatic carbocycles. The van der Waals surface area contributed by atoms with Crippen LogP contribution in [-0.2, 0) is 0 Å². The van der Waals surface area contributed by atoms with Gasteiger partial charge in [0.1, 0.15) is 0 Å². The van der Waals surface area contributed by atoms with E-state index < -0.39 is 0 Å². The zero-order chi connectivity index (χ0) is 5.11. The molecule has 1 fully saturated rings. The van der Waals surface area contributed by atoms with E-state index in [-0.39, 0.29) is 0 Å². The van der Waals surface area contributed by atoms with E-state index in [0.717, 1.165) is 11.7 Å². The molecule has 1 heterocycles. The average Bonchev–Trinajstić information content (AvgIpc) is 2.42. The molecule has 1 unspecified atom stereocenters. The molecule has 0 amide bonds. The molecule has 0 saturated carbocycles. The van der Waals surface area contributed by atoms with Gasteiger partial charge >= 0.3 is 0 Å². The zero-order valence-electron chi connectivity index (χ0n) is 3.93. The Morgan fingerprint density at radius 2 is 2.57 bits per heavy atom. The Hall–Kier alpha value is 0.380. The molecule has 0 spiro atoms. The summed E-state index contributed by atoms with van der Waals surface area (Å²) < 4.78 is 0. The molecular weight excluding hydrogens is 128 g/mol. The lowest BCUT2D eigenvalue weighted by Crippen LogP contribution is -1.74. The van der Waals surface area contributed by atoms with E-state index >= 15 is 0 Å². The lowest BCUT2D eigenvalue weighted by molar-refractivity contribution is 1.08. The molecule has 0 bridgehead atoms. The first-order valence-corrected chi connectivity index (χ1v) is 3.79. The van der Waals surface area contributed by atoms with Crippen LogP contribution in [-0.4, -0.2) is 11.0 Å². The van der Waals surface area contributed by atoms with Crippen molar-refractivity contribution >= 4 is 23.4 Å². The van der Waals surface area contributed by atoms with Gasteiger partial charge < -0.3 is 0 Å². The summed E-state index contributed by atoms with van der Waals surface area (Å²) in [5.74, 6) is 1.33. The molecule has 0 N–H and O–H groups in total. The lowest BCUT2D eigenvalue weighted by atomic mass is 10.3. The van der Waals surface area contributed by atoms with Gasteiger partial charge in [-0.2, -0.15) is 11.8 Å². The number of thioether (sulfide) groups is 1. The number of rotatable bonds is 2. The minimum Gasteiger partial charge on any atom is -0.156 e. The summed E-state index contributed by atoms with van der Waals surface area (Å²) in [7, 11) is 0. The maximum Gasteiger partial charge on any atom is 0.0173 e. The van der Waals surface area contributed by atoms with Crippen LogP contribution in [0.1, 0.15) is 6.42 Å². The first-order valence-electron chi connectivity index (χ1n) is 2.30. The summed E-state index contributed by atoms with van der Waals surface area (Å²) in [4.78, 5) is 0. The summed E-state index contributed by atoms with van der Waals surface area (Å²) in [6.45, 7) is 0. The number of halogens is 1. The smallest absolute Gasteiger partial charge is 0.0173 e. The van der Waals surface area contributed by atoms with Crippen LogP contribution in [0.4, 0.5) is 0 Å². The molecule has 7 heavy (non-hydrogen) atoms. The minimum absolute atomic E-state index is 0.898. The van der Waals surface area contributed by atoms with Crippen molar-refractivity contribution in [2.75, 3.05) is 5.75 Å². The highest BCUT2D eigenvalue weighted by molar-refractivity contribution is 8.06. The van der Waals surface area contributed by atoms with E-state index in [1.807, 2.05) is 17.8 Å². The molecule has 1 rings (SSSR count). The van der Waals surface area contributed by atoms with Crippen molar-refractivity contribution in [3.63, 3.8) is 0 Å². The van der Waals surface area contributed by atoms with E-state index in [4.69, 9.17) is 11.6 Å². The highest BCUT2D eigenvalue weighted by Crippen LogP contribution is 2.33. The standard InChI is InChI=1S/C5H7ClS/c6-3-1-2-5-4-7-5/h1,3,5H,2,4H2. The highest BCUT2D eigenvalue weighted by Gasteiger charge is 2.19. The highest BCUT2D eigenvalue weighted by atomic mass is 35.5. The molecule has 0 aromatic rings. The summed E-state index contributed by atoms with van der Waals surface area (Å²) in [5.41, 5.74) is 1.60. The molecular formula is C5H7ClS. The van der Waals surface area contributed by atoms with Crippen LogP contribution in [0.5, 0.6) is 0 Å². The monoisotopic (exact) mass is 134 g/mol. The number of allylic oxidation sites excluding steroid dienone is 1. The van der Waals surface area contributed by atoms with Crippen molar-refractivity contribution in [3.8, 4) is 0 Å². The van der Waals surface area contributed by atoms with Gasteiger partial charge in [-0.15, -0.1) is 0 Å². The average molecular weight is 135 g/mol. The van der Waals surface area contributed by atoms with Crippen molar-refractivity contribution < 1.29 is 0 Å².